The minimum absolute atomic E-state index is 0.188. The predicted molar refractivity (Wildman–Crippen MR) is 112 cm³/mol. The SMILES string of the molecule is Cc1ccc(-c2nc(C(=O)NCc3ccc(N4CC(C)OC(C)C4)nc3)cs2)o1. The van der Waals surface area contributed by atoms with E-state index in [0.29, 0.717) is 23.0 Å². The fourth-order valence-electron chi connectivity index (χ4n) is 3.39. The topological polar surface area (TPSA) is 80.5 Å². The Labute approximate surface area is 173 Å². The van der Waals surface area contributed by atoms with Gasteiger partial charge in [-0.05, 0) is 44.5 Å². The van der Waals surface area contributed by atoms with Crippen molar-refractivity contribution in [2.75, 3.05) is 18.0 Å². The molecule has 0 bridgehead atoms. The van der Waals surface area contributed by atoms with Gasteiger partial charge in [-0.1, -0.05) is 6.07 Å². The van der Waals surface area contributed by atoms with Crippen molar-refractivity contribution in [3.05, 3.63) is 52.9 Å². The summed E-state index contributed by atoms with van der Waals surface area (Å²) >= 11 is 1.39. The molecular formula is C21H24N4O3S. The average Bonchev–Trinajstić information content (AvgIpc) is 3.35. The first kappa shape index (κ1) is 19.6. The van der Waals surface area contributed by atoms with Crippen LogP contribution in [0.25, 0.3) is 10.8 Å². The van der Waals surface area contributed by atoms with E-state index in [1.807, 2.05) is 31.2 Å². The molecule has 3 aromatic rings. The van der Waals surface area contributed by atoms with Gasteiger partial charge in [-0.3, -0.25) is 4.79 Å². The average molecular weight is 413 g/mol. The number of furan rings is 1. The number of hydrogen-bond donors (Lipinski definition) is 1. The van der Waals surface area contributed by atoms with Crippen LogP contribution in [0.2, 0.25) is 0 Å². The third kappa shape index (κ3) is 4.65. The third-order valence-corrected chi connectivity index (χ3v) is 5.55. The lowest BCUT2D eigenvalue weighted by Gasteiger charge is -2.36. The summed E-state index contributed by atoms with van der Waals surface area (Å²) in [5.41, 5.74) is 1.33. The van der Waals surface area contributed by atoms with E-state index in [2.05, 4.69) is 34.0 Å². The number of anilines is 1. The lowest BCUT2D eigenvalue weighted by Crippen LogP contribution is -2.45. The van der Waals surface area contributed by atoms with Crippen LogP contribution in [0.4, 0.5) is 5.82 Å². The van der Waals surface area contributed by atoms with Crippen molar-refractivity contribution in [1.82, 2.24) is 15.3 Å². The van der Waals surface area contributed by atoms with Gasteiger partial charge < -0.3 is 19.4 Å². The largest absolute Gasteiger partial charge is 0.459 e. The molecule has 1 aliphatic heterocycles. The quantitative estimate of drug-likeness (QED) is 0.689. The van der Waals surface area contributed by atoms with Crippen molar-refractivity contribution >= 4 is 23.1 Å². The first-order valence-corrected chi connectivity index (χ1v) is 10.5. The molecule has 4 rings (SSSR count). The zero-order chi connectivity index (χ0) is 20.4. The fourth-order valence-corrected chi connectivity index (χ4v) is 4.15. The molecule has 1 fully saturated rings. The molecule has 29 heavy (non-hydrogen) atoms. The molecule has 0 aromatic carbocycles. The van der Waals surface area contributed by atoms with Gasteiger partial charge >= 0.3 is 0 Å². The van der Waals surface area contributed by atoms with E-state index in [1.54, 1.807) is 11.6 Å². The summed E-state index contributed by atoms with van der Waals surface area (Å²) in [6.07, 6.45) is 2.18. The molecule has 0 aliphatic carbocycles. The molecule has 152 valence electrons. The molecular weight excluding hydrogens is 388 g/mol. The van der Waals surface area contributed by atoms with Crippen molar-refractivity contribution < 1.29 is 13.9 Å². The van der Waals surface area contributed by atoms with Crippen LogP contribution in [-0.4, -0.2) is 41.2 Å². The third-order valence-electron chi connectivity index (χ3n) is 4.69. The van der Waals surface area contributed by atoms with Gasteiger partial charge in [-0.25, -0.2) is 9.97 Å². The number of rotatable bonds is 5. The van der Waals surface area contributed by atoms with E-state index in [0.717, 1.165) is 30.2 Å². The van der Waals surface area contributed by atoms with Crippen LogP contribution in [-0.2, 0) is 11.3 Å². The Morgan fingerprint density at radius 2 is 2.03 bits per heavy atom. The first-order chi connectivity index (χ1) is 14.0. The van der Waals surface area contributed by atoms with Crippen LogP contribution in [0, 0.1) is 6.92 Å². The molecule has 7 nitrogen and oxygen atoms in total. The molecule has 1 saturated heterocycles. The monoisotopic (exact) mass is 412 g/mol. The molecule has 3 aromatic heterocycles. The summed E-state index contributed by atoms with van der Waals surface area (Å²) in [6.45, 7) is 8.08. The zero-order valence-corrected chi connectivity index (χ0v) is 17.5. The van der Waals surface area contributed by atoms with Crippen LogP contribution >= 0.6 is 11.3 Å². The Kier molecular flexibility index (Phi) is 5.64. The fraction of sp³-hybridized carbons (Fsp3) is 0.381. The van der Waals surface area contributed by atoms with Gasteiger partial charge in [0.25, 0.3) is 5.91 Å². The maximum Gasteiger partial charge on any atom is 0.271 e. The van der Waals surface area contributed by atoms with Gasteiger partial charge in [0.15, 0.2) is 10.8 Å². The van der Waals surface area contributed by atoms with Crippen LogP contribution in [0.5, 0.6) is 0 Å². The molecule has 2 unspecified atom stereocenters. The summed E-state index contributed by atoms with van der Waals surface area (Å²) in [5, 5.41) is 5.34. The van der Waals surface area contributed by atoms with Gasteiger partial charge in [0.1, 0.15) is 17.3 Å². The highest BCUT2D eigenvalue weighted by molar-refractivity contribution is 7.13. The number of amides is 1. The summed E-state index contributed by atoms with van der Waals surface area (Å²) in [5.74, 6) is 2.21. The number of ether oxygens (including phenoxy) is 1. The van der Waals surface area contributed by atoms with Gasteiger partial charge in [0, 0.05) is 31.2 Å². The van der Waals surface area contributed by atoms with Crippen LogP contribution < -0.4 is 10.2 Å². The number of carbonyl (C=O) groups is 1. The number of pyridine rings is 1. The number of aryl methyl sites for hydroxylation is 1. The standard InChI is InChI=1S/C21H24N4O3S/c1-13-4-6-18(28-13)21-24-17(12-29-21)20(26)23-9-16-5-7-19(22-8-16)25-10-14(2)27-15(3)11-25/h4-8,12,14-15H,9-11H2,1-3H3,(H,23,26). The molecule has 0 saturated carbocycles. The van der Waals surface area contributed by atoms with E-state index in [9.17, 15) is 4.79 Å². The van der Waals surface area contributed by atoms with E-state index >= 15 is 0 Å². The summed E-state index contributed by atoms with van der Waals surface area (Å²) in [4.78, 5) is 23.6. The summed E-state index contributed by atoms with van der Waals surface area (Å²) in [7, 11) is 0. The smallest absolute Gasteiger partial charge is 0.271 e. The second-order valence-electron chi connectivity index (χ2n) is 7.32. The molecule has 0 spiro atoms. The summed E-state index contributed by atoms with van der Waals surface area (Å²) < 4.78 is 11.3. The Morgan fingerprint density at radius 1 is 1.24 bits per heavy atom. The summed E-state index contributed by atoms with van der Waals surface area (Å²) in [6, 6.07) is 7.72. The lowest BCUT2D eigenvalue weighted by atomic mass is 10.2. The minimum Gasteiger partial charge on any atom is -0.459 e. The second kappa shape index (κ2) is 8.34. The highest BCUT2D eigenvalue weighted by atomic mass is 32.1. The second-order valence-corrected chi connectivity index (χ2v) is 8.18. The van der Waals surface area contributed by atoms with Crippen molar-refractivity contribution in [2.45, 2.75) is 39.5 Å². The molecule has 4 heterocycles. The Bertz CT molecular complexity index is 972. The first-order valence-electron chi connectivity index (χ1n) is 9.64. The van der Waals surface area contributed by atoms with Gasteiger partial charge in [-0.15, -0.1) is 11.3 Å². The molecule has 1 aliphatic rings. The number of aromatic nitrogens is 2. The number of thiazole rings is 1. The van der Waals surface area contributed by atoms with Crippen LogP contribution in [0.3, 0.4) is 0 Å². The number of hydrogen-bond acceptors (Lipinski definition) is 7. The molecule has 1 N–H and O–H groups in total. The van der Waals surface area contributed by atoms with E-state index < -0.39 is 0 Å². The van der Waals surface area contributed by atoms with Gasteiger partial charge in [0.2, 0.25) is 0 Å². The maximum atomic E-state index is 12.4. The van der Waals surface area contributed by atoms with Crippen LogP contribution in [0.15, 0.2) is 40.3 Å². The normalized spacial score (nSPS) is 19.3. The maximum absolute atomic E-state index is 12.4. The van der Waals surface area contributed by atoms with Crippen LogP contribution in [0.1, 0.15) is 35.7 Å². The molecule has 1 amide bonds. The Hall–Kier alpha value is -2.71. The molecule has 0 radical (unpaired) electrons. The Morgan fingerprint density at radius 3 is 2.69 bits per heavy atom. The molecule has 8 heteroatoms. The van der Waals surface area contributed by atoms with Crippen molar-refractivity contribution in [3.8, 4) is 10.8 Å². The van der Waals surface area contributed by atoms with E-state index in [4.69, 9.17) is 9.15 Å². The zero-order valence-electron chi connectivity index (χ0n) is 16.7. The number of nitrogens with zero attached hydrogens (tertiary/aromatic N) is 3. The number of carbonyl (C=O) groups excluding carboxylic acids is 1. The van der Waals surface area contributed by atoms with Crippen molar-refractivity contribution in [2.24, 2.45) is 0 Å². The van der Waals surface area contributed by atoms with Crippen molar-refractivity contribution in [3.63, 3.8) is 0 Å². The van der Waals surface area contributed by atoms with Gasteiger partial charge in [0.05, 0.1) is 12.2 Å². The van der Waals surface area contributed by atoms with E-state index in [1.165, 1.54) is 11.3 Å². The Balaban J connectivity index is 1.34. The van der Waals surface area contributed by atoms with Gasteiger partial charge in [-0.2, -0.15) is 0 Å². The molecule has 2 atom stereocenters. The van der Waals surface area contributed by atoms with E-state index in [-0.39, 0.29) is 18.1 Å². The number of morpholine rings is 1. The highest BCUT2D eigenvalue weighted by Gasteiger charge is 2.23. The predicted octanol–water partition coefficient (Wildman–Crippen LogP) is 3.65. The highest BCUT2D eigenvalue weighted by Crippen LogP contribution is 2.25. The van der Waals surface area contributed by atoms with Crippen molar-refractivity contribution in [1.29, 1.82) is 0 Å². The number of nitrogens with one attached hydrogen (secondary N) is 1. The lowest BCUT2D eigenvalue weighted by molar-refractivity contribution is -0.00546. The minimum atomic E-state index is -0.212.